The average molecular weight is 522 g/mol. The quantitative estimate of drug-likeness (QED) is 0.455. The molecule has 0 radical (unpaired) electrons. The summed E-state index contributed by atoms with van der Waals surface area (Å²) in [4.78, 5) is 54.9. The number of aryl methyl sites for hydroxylation is 1. The number of carbonyl (C=O) groups excluding carboxylic acids is 3. The van der Waals surface area contributed by atoms with Crippen molar-refractivity contribution in [3.63, 3.8) is 0 Å². The van der Waals surface area contributed by atoms with Crippen LogP contribution in [0.5, 0.6) is 0 Å². The van der Waals surface area contributed by atoms with Gasteiger partial charge in [0.05, 0.1) is 12.0 Å². The van der Waals surface area contributed by atoms with Crippen molar-refractivity contribution in [2.45, 2.75) is 38.8 Å². The molecule has 1 aliphatic rings. The maximum atomic E-state index is 13.6. The van der Waals surface area contributed by atoms with E-state index in [-0.39, 0.29) is 12.4 Å². The van der Waals surface area contributed by atoms with Crippen LogP contribution < -0.4 is 16.0 Å². The Morgan fingerprint density at radius 3 is 2.57 bits per heavy atom. The van der Waals surface area contributed by atoms with Gasteiger partial charge in [0, 0.05) is 30.2 Å². The number of aromatic nitrogens is 3. The Hall–Kier alpha value is -4.05. The molecule has 2 aromatic heterocycles. The number of nitrogens with zero attached hydrogens (tertiary/aromatic N) is 5. The van der Waals surface area contributed by atoms with Crippen LogP contribution in [0.15, 0.2) is 54.9 Å². The van der Waals surface area contributed by atoms with Crippen LogP contribution in [0.3, 0.4) is 0 Å². The number of nitrogen functional groups attached to an aromatic ring is 1. The number of nitrogens with two attached hydrogens (primary N) is 1. The van der Waals surface area contributed by atoms with Gasteiger partial charge >= 0.3 is 6.03 Å². The van der Waals surface area contributed by atoms with Gasteiger partial charge in [0.2, 0.25) is 11.9 Å². The molecule has 4 rings (SSSR count). The molecule has 37 heavy (non-hydrogen) atoms. The van der Waals surface area contributed by atoms with Gasteiger partial charge in [-0.3, -0.25) is 19.4 Å². The number of carbonyl (C=O) groups is 3. The Bertz CT molecular complexity index is 1300. The number of β-lactam (4-membered cyclic amide) rings is 1. The van der Waals surface area contributed by atoms with Crippen LogP contribution in [-0.4, -0.2) is 50.8 Å². The standard InChI is InChI=1S/C26H28ClN7O3/c1-4-20(17-7-5-8-18(27)14-17)32-26(37)34-22(24(36)33(3)25-29-9-6-10-30-25)19(23(34)35)12-16-11-15(2)31-21(28)13-16/h5-11,13-14,19-20,22H,4,12H2,1-3H3,(H2,28,31)(H,32,37)/t19?,20-,22+/m1/s1. The van der Waals surface area contributed by atoms with Crippen molar-refractivity contribution in [3.05, 3.63) is 76.7 Å². The molecule has 0 bridgehead atoms. The number of likely N-dealkylation sites (N-methyl/N-ethyl adjacent to an activating group) is 1. The number of benzene rings is 1. The zero-order valence-electron chi connectivity index (χ0n) is 20.8. The van der Waals surface area contributed by atoms with Crippen LogP contribution in [-0.2, 0) is 16.0 Å². The molecular weight excluding hydrogens is 494 g/mol. The number of anilines is 2. The molecule has 4 amide bonds. The van der Waals surface area contributed by atoms with E-state index >= 15 is 0 Å². The predicted molar refractivity (Wildman–Crippen MR) is 140 cm³/mol. The molecule has 192 valence electrons. The van der Waals surface area contributed by atoms with Crippen molar-refractivity contribution >= 4 is 41.2 Å². The molecule has 1 aromatic carbocycles. The fourth-order valence-corrected chi connectivity index (χ4v) is 4.72. The zero-order valence-corrected chi connectivity index (χ0v) is 21.5. The lowest BCUT2D eigenvalue weighted by atomic mass is 9.81. The van der Waals surface area contributed by atoms with Gasteiger partial charge in [-0.05, 0) is 61.2 Å². The summed E-state index contributed by atoms with van der Waals surface area (Å²) in [6.45, 7) is 3.71. The highest BCUT2D eigenvalue weighted by molar-refractivity contribution is 6.30. The van der Waals surface area contributed by atoms with Gasteiger partial charge in [-0.25, -0.2) is 19.7 Å². The maximum Gasteiger partial charge on any atom is 0.325 e. The largest absolute Gasteiger partial charge is 0.384 e. The molecular formula is C26H28ClN7O3. The second-order valence-corrected chi connectivity index (χ2v) is 9.35. The first-order chi connectivity index (χ1) is 17.7. The third-order valence-electron chi connectivity index (χ3n) is 6.31. The van der Waals surface area contributed by atoms with E-state index in [2.05, 4.69) is 20.3 Å². The first-order valence-corrected chi connectivity index (χ1v) is 12.2. The van der Waals surface area contributed by atoms with Crippen molar-refractivity contribution in [2.75, 3.05) is 17.7 Å². The summed E-state index contributed by atoms with van der Waals surface area (Å²) in [6.07, 6.45) is 3.81. The smallest absolute Gasteiger partial charge is 0.325 e. The lowest BCUT2D eigenvalue weighted by molar-refractivity contribution is -0.156. The number of nitrogens with one attached hydrogen (secondary N) is 1. The summed E-state index contributed by atoms with van der Waals surface area (Å²) in [7, 11) is 1.52. The molecule has 0 aliphatic carbocycles. The molecule has 1 aliphatic heterocycles. The van der Waals surface area contributed by atoms with Crippen molar-refractivity contribution < 1.29 is 14.4 Å². The minimum absolute atomic E-state index is 0.167. The molecule has 0 saturated carbocycles. The van der Waals surface area contributed by atoms with E-state index in [1.54, 1.807) is 37.3 Å². The van der Waals surface area contributed by atoms with E-state index in [0.29, 0.717) is 23.0 Å². The highest BCUT2D eigenvalue weighted by Crippen LogP contribution is 2.33. The van der Waals surface area contributed by atoms with Crippen molar-refractivity contribution in [2.24, 2.45) is 5.92 Å². The predicted octanol–water partition coefficient (Wildman–Crippen LogP) is 3.31. The van der Waals surface area contributed by atoms with E-state index in [1.807, 2.05) is 19.1 Å². The van der Waals surface area contributed by atoms with Crippen LogP contribution >= 0.6 is 11.6 Å². The van der Waals surface area contributed by atoms with Crippen molar-refractivity contribution in [1.29, 1.82) is 0 Å². The summed E-state index contributed by atoms with van der Waals surface area (Å²) in [6, 6.07) is 10.2. The molecule has 0 spiro atoms. The highest BCUT2D eigenvalue weighted by Gasteiger charge is 2.55. The molecule has 3 heterocycles. The van der Waals surface area contributed by atoms with Gasteiger partial charge in [0.1, 0.15) is 11.9 Å². The summed E-state index contributed by atoms with van der Waals surface area (Å²) in [5, 5.41) is 3.42. The second kappa shape index (κ2) is 10.9. The number of hydrogen-bond acceptors (Lipinski definition) is 7. The Kier molecular flexibility index (Phi) is 7.68. The average Bonchev–Trinajstić information content (AvgIpc) is 2.87. The number of hydrogen-bond donors (Lipinski definition) is 2. The molecule has 3 N–H and O–H groups in total. The summed E-state index contributed by atoms with van der Waals surface area (Å²) in [5.74, 6) is -1.20. The zero-order chi connectivity index (χ0) is 26.7. The summed E-state index contributed by atoms with van der Waals surface area (Å²) < 4.78 is 0. The SMILES string of the molecule is CC[C@@H](NC(=O)N1C(=O)C(Cc2cc(C)nc(N)c2)[C@H]1C(=O)N(C)c1ncccn1)c1cccc(Cl)c1. The normalized spacial score (nSPS) is 17.6. The lowest BCUT2D eigenvalue weighted by Crippen LogP contribution is -2.70. The van der Waals surface area contributed by atoms with Gasteiger partial charge in [-0.2, -0.15) is 0 Å². The molecule has 11 heteroatoms. The van der Waals surface area contributed by atoms with Gasteiger partial charge in [-0.1, -0.05) is 30.7 Å². The van der Waals surface area contributed by atoms with E-state index in [0.717, 1.165) is 16.0 Å². The molecule has 1 fully saturated rings. The number of halogens is 1. The van der Waals surface area contributed by atoms with Gasteiger partial charge in [-0.15, -0.1) is 0 Å². The topological polar surface area (TPSA) is 134 Å². The number of urea groups is 1. The van der Waals surface area contributed by atoms with Crippen LogP contribution in [0.4, 0.5) is 16.6 Å². The van der Waals surface area contributed by atoms with E-state index in [9.17, 15) is 14.4 Å². The van der Waals surface area contributed by atoms with Gasteiger partial charge in [0.15, 0.2) is 0 Å². The molecule has 3 atom stereocenters. The van der Waals surface area contributed by atoms with Crippen LogP contribution in [0.25, 0.3) is 0 Å². The Balaban J connectivity index is 1.61. The molecule has 1 saturated heterocycles. The van der Waals surface area contributed by atoms with E-state index in [1.165, 1.54) is 24.3 Å². The minimum atomic E-state index is -1.05. The molecule has 3 aromatic rings. The third-order valence-corrected chi connectivity index (χ3v) is 6.55. The Morgan fingerprint density at radius 2 is 1.92 bits per heavy atom. The Labute approximate surface area is 219 Å². The highest BCUT2D eigenvalue weighted by atomic mass is 35.5. The third kappa shape index (κ3) is 5.54. The monoisotopic (exact) mass is 521 g/mol. The summed E-state index contributed by atoms with van der Waals surface area (Å²) >= 11 is 6.13. The minimum Gasteiger partial charge on any atom is -0.384 e. The maximum absolute atomic E-state index is 13.6. The fourth-order valence-electron chi connectivity index (χ4n) is 4.52. The number of imide groups is 1. The van der Waals surface area contributed by atoms with Crippen LogP contribution in [0.2, 0.25) is 5.02 Å². The lowest BCUT2D eigenvalue weighted by Gasteiger charge is -2.45. The first-order valence-electron chi connectivity index (χ1n) is 11.9. The number of amides is 4. The van der Waals surface area contributed by atoms with Crippen LogP contribution in [0, 0.1) is 12.8 Å². The van der Waals surface area contributed by atoms with Crippen molar-refractivity contribution in [1.82, 2.24) is 25.2 Å². The number of pyridine rings is 1. The molecule has 1 unspecified atom stereocenters. The van der Waals surface area contributed by atoms with Crippen LogP contribution in [0.1, 0.15) is 36.2 Å². The number of likely N-dealkylation sites (tertiary alicyclic amines) is 1. The van der Waals surface area contributed by atoms with Gasteiger partial charge < -0.3 is 11.1 Å². The van der Waals surface area contributed by atoms with E-state index in [4.69, 9.17) is 17.3 Å². The fraction of sp³-hybridized carbons (Fsp3) is 0.308. The first kappa shape index (κ1) is 26.0. The number of rotatable bonds is 7. The second-order valence-electron chi connectivity index (χ2n) is 8.92. The Morgan fingerprint density at radius 1 is 1.19 bits per heavy atom. The van der Waals surface area contributed by atoms with Crippen molar-refractivity contribution in [3.8, 4) is 0 Å². The molecule has 10 nitrogen and oxygen atoms in total. The summed E-state index contributed by atoms with van der Waals surface area (Å²) in [5.41, 5.74) is 8.14. The van der Waals surface area contributed by atoms with Gasteiger partial charge in [0.25, 0.3) is 5.91 Å². The van der Waals surface area contributed by atoms with E-state index < -0.39 is 35.8 Å².